The summed E-state index contributed by atoms with van der Waals surface area (Å²) in [6.45, 7) is 14.4. The molecule has 4 nitrogen and oxygen atoms in total. The Morgan fingerprint density at radius 3 is 1.33 bits per heavy atom. The zero-order chi connectivity index (χ0) is 19.2. The smallest absolute Gasteiger partial charge is 0.226 e. The van der Waals surface area contributed by atoms with E-state index in [1.54, 1.807) is 0 Å². The lowest BCUT2D eigenvalue weighted by molar-refractivity contribution is -0.131. The molecule has 152 valence electrons. The summed E-state index contributed by atoms with van der Waals surface area (Å²) in [6.07, 6.45) is 6.52. The molecule has 0 aliphatic carbocycles. The summed E-state index contributed by atoms with van der Waals surface area (Å²) >= 11 is 0. The van der Waals surface area contributed by atoms with Crippen molar-refractivity contribution in [1.82, 2.24) is 9.80 Å². The minimum atomic E-state index is 0. The van der Waals surface area contributed by atoms with Gasteiger partial charge in [-0.3, -0.25) is 9.59 Å². The van der Waals surface area contributed by atoms with Crippen LogP contribution in [-0.2, 0) is 9.59 Å². The Bertz CT molecular complexity index is 595. The molecule has 2 amide bonds. The molecule has 4 heterocycles. The predicted molar refractivity (Wildman–Crippen MR) is 111 cm³/mol. The van der Waals surface area contributed by atoms with Crippen molar-refractivity contribution in [3.05, 3.63) is 23.3 Å². The molecular formula is C23H38N2O2. The van der Waals surface area contributed by atoms with Gasteiger partial charge in [0.1, 0.15) is 0 Å². The van der Waals surface area contributed by atoms with Crippen molar-refractivity contribution >= 4 is 11.8 Å². The Labute approximate surface area is 165 Å². The number of rotatable bonds is 0. The third kappa shape index (κ3) is 3.60. The van der Waals surface area contributed by atoms with Crippen LogP contribution in [0.25, 0.3) is 0 Å². The fraction of sp³-hybridized carbons (Fsp3) is 0.739. The molecule has 0 saturated carbocycles. The number of carbonyl (C=O) groups is 2. The largest absolute Gasteiger partial charge is 0.335 e. The molecule has 0 bridgehead atoms. The highest BCUT2D eigenvalue weighted by Gasteiger charge is 2.47. The molecular weight excluding hydrogens is 336 g/mol. The molecule has 0 radical (unpaired) electrons. The van der Waals surface area contributed by atoms with Gasteiger partial charge in [-0.1, -0.05) is 58.4 Å². The maximum Gasteiger partial charge on any atom is 0.226 e. The average Bonchev–Trinajstić information content (AvgIpc) is 3.36. The van der Waals surface area contributed by atoms with E-state index in [1.807, 2.05) is 0 Å². The standard InChI is InChI=1S/2C11H17NO.CH4/c2*1-4-9-5-10-7(2)8(3)11(13)12(10)6-9;/h2*4,7-8,10H,5-6H2,1-3H3;1H4/b9-4+;9-4-;/t2*7?,8?,10-;/m00./s1. The molecule has 4 aliphatic rings. The van der Waals surface area contributed by atoms with Crippen molar-refractivity contribution in [1.29, 1.82) is 0 Å². The first-order valence-corrected chi connectivity index (χ1v) is 10.2. The molecule has 0 aromatic carbocycles. The zero-order valence-electron chi connectivity index (χ0n) is 17.2. The van der Waals surface area contributed by atoms with Crippen molar-refractivity contribution in [3.63, 3.8) is 0 Å². The molecule has 27 heavy (non-hydrogen) atoms. The van der Waals surface area contributed by atoms with Gasteiger partial charge in [0.25, 0.3) is 0 Å². The second kappa shape index (κ2) is 8.20. The molecule has 0 spiro atoms. The molecule has 0 aromatic rings. The first-order valence-electron chi connectivity index (χ1n) is 10.2. The number of allylic oxidation sites excluding steroid dienone is 2. The Morgan fingerprint density at radius 2 is 1.07 bits per heavy atom. The average molecular weight is 375 g/mol. The van der Waals surface area contributed by atoms with Crippen LogP contribution in [0.5, 0.6) is 0 Å². The fourth-order valence-electron chi connectivity index (χ4n) is 5.04. The maximum absolute atomic E-state index is 11.8. The summed E-state index contributed by atoms with van der Waals surface area (Å²) in [5.74, 6) is 2.26. The first kappa shape index (κ1) is 21.7. The molecule has 4 heteroatoms. The van der Waals surface area contributed by atoms with E-state index in [4.69, 9.17) is 0 Å². The number of fused-ring (bicyclic) bond motifs is 2. The van der Waals surface area contributed by atoms with Gasteiger partial charge in [0.15, 0.2) is 0 Å². The van der Waals surface area contributed by atoms with Gasteiger partial charge in [-0.25, -0.2) is 0 Å². The Morgan fingerprint density at radius 1 is 0.741 bits per heavy atom. The van der Waals surface area contributed by atoms with E-state index in [2.05, 4.69) is 63.5 Å². The van der Waals surface area contributed by atoms with Crippen LogP contribution in [0.3, 0.4) is 0 Å². The second-order valence-corrected chi connectivity index (χ2v) is 8.66. The van der Waals surface area contributed by atoms with E-state index < -0.39 is 0 Å². The summed E-state index contributed by atoms with van der Waals surface area (Å²) < 4.78 is 0. The van der Waals surface area contributed by atoms with Crippen molar-refractivity contribution < 1.29 is 9.59 Å². The van der Waals surface area contributed by atoms with E-state index in [9.17, 15) is 9.59 Å². The van der Waals surface area contributed by atoms with Crippen molar-refractivity contribution in [2.75, 3.05) is 13.1 Å². The topological polar surface area (TPSA) is 40.6 Å². The first-order chi connectivity index (χ1) is 12.3. The van der Waals surface area contributed by atoms with Gasteiger partial charge in [-0.15, -0.1) is 0 Å². The summed E-state index contributed by atoms with van der Waals surface area (Å²) in [7, 11) is 0. The Kier molecular flexibility index (Phi) is 6.59. The molecule has 4 unspecified atom stereocenters. The minimum absolute atomic E-state index is 0. The molecule has 0 N–H and O–H groups in total. The highest BCUT2D eigenvalue weighted by atomic mass is 16.2. The highest BCUT2D eigenvalue weighted by molar-refractivity contribution is 5.83. The van der Waals surface area contributed by atoms with Gasteiger partial charge in [-0.05, 0) is 38.5 Å². The van der Waals surface area contributed by atoms with Gasteiger partial charge in [0.2, 0.25) is 11.8 Å². The van der Waals surface area contributed by atoms with Gasteiger partial charge >= 0.3 is 0 Å². The van der Waals surface area contributed by atoms with Crippen LogP contribution in [0.1, 0.15) is 61.8 Å². The lowest BCUT2D eigenvalue weighted by atomic mass is 9.91. The lowest BCUT2D eigenvalue weighted by Gasteiger charge is -2.16. The Balaban J connectivity index is 0.000000187. The molecule has 4 rings (SSSR count). The van der Waals surface area contributed by atoms with Crippen molar-refractivity contribution in [2.45, 2.75) is 73.9 Å². The Hall–Kier alpha value is -1.58. The third-order valence-corrected chi connectivity index (χ3v) is 7.44. The summed E-state index contributed by atoms with van der Waals surface area (Å²) in [5, 5.41) is 0. The zero-order valence-corrected chi connectivity index (χ0v) is 17.2. The molecule has 6 atom stereocenters. The third-order valence-electron chi connectivity index (χ3n) is 7.44. The summed E-state index contributed by atoms with van der Waals surface area (Å²) in [4.78, 5) is 27.6. The second-order valence-electron chi connectivity index (χ2n) is 8.66. The quantitative estimate of drug-likeness (QED) is 0.594. The molecule has 4 saturated heterocycles. The lowest BCUT2D eigenvalue weighted by Crippen LogP contribution is -2.28. The number of amides is 2. The maximum atomic E-state index is 11.8. The van der Waals surface area contributed by atoms with Crippen LogP contribution in [0, 0.1) is 23.7 Å². The van der Waals surface area contributed by atoms with Crippen LogP contribution in [-0.4, -0.2) is 46.8 Å². The van der Waals surface area contributed by atoms with Gasteiger partial charge < -0.3 is 9.80 Å². The van der Waals surface area contributed by atoms with Gasteiger partial charge in [-0.2, -0.15) is 0 Å². The molecule has 4 aliphatic heterocycles. The van der Waals surface area contributed by atoms with Crippen molar-refractivity contribution in [2.24, 2.45) is 23.7 Å². The normalized spacial score (nSPS) is 40.2. The number of hydrogen-bond acceptors (Lipinski definition) is 2. The van der Waals surface area contributed by atoms with E-state index in [0.29, 0.717) is 35.7 Å². The summed E-state index contributed by atoms with van der Waals surface area (Å²) in [5.41, 5.74) is 2.86. The van der Waals surface area contributed by atoms with Crippen LogP contribution in [0.15, 0.2) is 23.3 Å². The van der Waals surface area contributed by atoms with E-state index >= 15 is 0 Å². The monoisotopic (exact) mass is 374 g/mol. The SMILES string of the molecule is C.C/C=C1/C[C@H]2C(C)C(C)C(=O)N2C1.C/C=C1\C[C@H]2C(C)C(C)C(=O)N2C1. The van der Waals surface area contributed by atoms with Gasteiger partial charge in [0, 0.05) is 37.0 Å². The van der Waals surface area contributed by atoms with Crippen LogP contribution in [0.4, 0.5) is 0 Å². The summed E-state index contributed by atoms with van der Waals surface area (Å²) in [6, 6.07) is 0.988. The van der Waals surface area contributed by atoms with Crippen LogP contribution in [0.2, 0.25) is 0 Å². The highest BCUT2D eigenvalue weighted by Crippen LogP contribution is 2.40. The van der Waals surface area contributed by atoms with Crippen molar-refractivity contribution in [3.8, 4) is 0 Å². The van der Waals surface area contributed by atoms with Crippen LogP contribution < -0.4 is 0 Å². The van der Waals surface area contributed by atoms with E-state index in [0.717, 1.165) is 25.9 Å². The molecule has 4 fully saturated rings. The fourth-order valence-corrected chi connectivity index (χ4v) is 5.04. The predicted octanol–water partition coefficient (Wildman–Crippen LogP) is 4.27. The number of carbonyl (C=O) groups excluding carboxylic acids is 2. The number of nitrogens with zero attached hydrogens (tertiary/aromatic N) is 2. The van der Waals surface area contributed by atoms with E-state index in [-0.39, 0.29) is 19.3 Å². The van der Waals surface area contributed by atoms with Crippen LogP contribution >= 0.6 is 0 Å². The van der Waals surface area contributed by atoms with E-state index in [1.165, 1.54) is 11.1 Å². The van der Waals surface area contributed by atoms with Gasteiger partial charge in [0.05, 0.1) is 0 Å². The number of hydrogen-bond donors (Lipinski definition) is 0. The minimum Gasteiger partial charge on any atom is -0.335 e. The molecule has 0 aromatic heterocycles.